The molecule has 66 valence electrons. The van der Waals surface area contributed by atoms with Gasteiger partial charge in [-0.15, -0.1) is 0 Å². The van der Waals surface area contributed by atoms with Crippen molar-refractivity contribution in [2.24, 2.45) is 11.7 Å². The van der Waals surface area contributed by atoms with Crippen LogP contribution in [0, 0.1) is 17.2 Å². The summed E-state index contributed by atoms with van der Waals surface area (Å²) >= 11 is 0. The lowest BCUT2D eigenvalue weighted by Crippen LogP contribution is -1.83. The number of nitrogens with two attached hydrogens (primary N) is 1. The van der Waals surface area contributed by atoms with Crippen molar-refractivity contribution in [1.82, 2.24) is 0 Å². The van der Waals surface area contributed by atoms with Gasteiger partial charge in [0.1, 0.15) is 0 Å². The number of hydrogen-bond acceptors (Lipinski definition) is 2. The van der Waals surface area contributed by atoms with E-state index in [9.17, 15) is 0 Å². The van der Waals surface area contributed by atoms with Crippen LogP contribution in [-0.2, 0) is 0 Å². The van der Waals surface area contributed by atoms with Crippen LogP contribution in [0.5, 0.6) is 0 Å². The average molecular weight is 156 g/mol. The molecule has 1 saturated carbocycles. The number of nitrogens with zero attached hydrogens (tertiary/aromatic N) is 1. The lowest BCUT2D eigenvalue weighted by Gasteiger charge is -1.87. The zero-order valence-electron chi connectivity index (χ0n) is 7.93. The Bertz CT molecular complexity index is 88.2. The van der Waals surface area contributed by atoms with E-state index in [0.717, 1.165) is 12.8 Å². The maximum atomic E-state index is 8.32. The Morgan fingerprint density at radius 2 is 1.55 bits per heavy atom. The smallest absolute Gasteiger partial charge is 0.0655 e. The number of nitriles is 1. The Morgan fingerprint density at radius 3 is 1.73 bits per heavy atom. The minimum Gasteiger partial charge on any atom is -0.333 e. The SMILES string of the molecule is CC.CN.N#CC1CCCC1. The lowest BCUT2D eigenvalue weighted by molar-refractivity contribution is 0.701. The molecule has 0 bridgehead atoms. The third kappa shape index (κ3) is 7.35. The molecule has 0 atom stereocenters. The summed E-state index contributed by atoms with van der Waals surface area (Å²) in [4.78, 5) is 0. The normalized spacial score (nSPS) is 15.2. The summed E-state index contributed by atoms with van der Waals surface area (Å²) in [6.07, 6.45) is 4.85. The third-order valence-corrected chi connectivity index (χ3v) is 1.54. The molecule has 1 aliphatic rings. The molecule has 0 heterocycles. The molecule has 0 amide bonds. The molecule has 0 aromatic rings. The highest BCUT2D eigenvalue weighted by Crippen LogP contribution is 2.22. The molecule has 1 fully saturated rings. The first-order valence-corrected chi connectivity index (χ1v) is 4.41. The minimum atomic E-state index is 0.403. The van der Waals surface area contributed by atoms with Crippen molar-refractivity contribution in [1.29, 1.82) is 5.26 Å². The fourth-order valence-electron chi connectivity index (χ4n) is 1.05. The van der Waals surface area contributed by atoms with Crippen LogP contribution in [0.15, 0.2) is 0 Å². The molecule has 0 aliphatic heterocycles. The van der Waals surface area contributed by atoms with E-state index >= 15 is 0 Å². The number of hydrogen-bond donors (Lipinski definition) is 1. The maximum absolute atomic E-state index is 8.32. The van der Waals surface area contributed by atoms with Gasteiger partial charge in [-0.3, -0.25) is 0 Å². The van der Waals surface area contributed by atoms with E-state index in [1.807, 2.05) is 13.8 Å². The van der Waals surface area contributed by atoms with Crippen LogP contribution in [0.4, 0.5) is 0 Å². The molecule has 2 heteroatoms. The Balaban J connectivity index is 0. The first-order valence-electron chi connectivity index (χ1n) is 4.41. The molecule has 0 aromatic carbocycles. The van der Waals surface area contributed by atoms with Crippen LogP contribution in [0.1, 0.15) is 39.5 Å². The van der Waals surface area contributed by atoms with Crippen LogP contribution in [0.3, 0.4) is 0 Å². The van der Waals surface area contributed by atoms with Gasteiger partial charge in [0.25, 0.3) is 0 Å². The van der Waals surface area contributed by atoms with Crippen molar-refractivity contribution in [3.63, 3.8) is 0 Å². The second-order valence-electron chi connectivity index (χ2n) is 2.11. The van der Waals surface area contributed by atoms with Gasteiger partial charge >= 0.3 is 0 Å². The highest BCUT2D eigenvalue weighted by Gasteiger charge is 2.12. The van der Waals surface area contributed by atoms with Gasteiger partial charge in [-0.05, 0) is 19.9 Å². The fourth-order valence-corrected chi connectivity index (χ4v) is 1.05. The second-order valence-corrected chi connectivity index (χ2v) is 2.11. The molecule has 0 spiro atoms. The lowest BCUT2D eigenvalue weighted by atomic mass is 10.1. The van der Waals surface area contributed by atoms with Crippen LogP contribution in [0.25, 0.3) is 0 Å². The van der Waals surface area contributed by atoms with Crippen molar-refractivity contribution in [2.45, 2.75) is 39.5 Å². The molecule has 2 nitrogen and oxygen atoms in total. The molecule has 0 saturated heterocycles. The standard InChI is InChI=1S/C6H9N.C2H6.CH5N/c7-5-6-3-1-2-4-6;2*1-2/h6H,1-4H2;1-2H3;2H2,1H3. The summed E-state index contributed by atoms with van der Waals surface area (Å²) < 4.78 is 0. The van der Waals surface area contributed by atoms with Gasteiger partial charge in [0.15, 0.2) is 0 Å². The van der Waals surface area contributed by atoms with E-state index in [2.05, 4.69) is 11.8 Å². The summed E-state index contributed by atoms with van der Waals surface area (Å²) in [5.41, 5.74) is 4.50. The van der Waals surface area contributed by atoms with Crippen molar-refractivity contribution < 1.29 is 0 Å². The van der Waals surface area contributed by atoms with Crippen molar-refractivity contribution in [3.8, 4) is 6.07 Å². The predicted octanol–water partition coefficient (Wildman–Crippen LogP) is 2.30. The van der Waals surface area contributed by atoms with Gasteiger partial charge < -0.3 is 5.73 Å². The Kier molecular flexibility index (Phi) is 14.4. The maximum Gasteiger partial charge on any atom is 0.0655 e. The number of rotatable bonds is 0. The van der Waals surface area contributed by atoms with E-state index in [0.29, 0.717) is 5.92 Å². The fraction of sp³-hybridized carbons (Fsp3) is 0.889. The quantitative estimate of drug-likeness (QED) is 0.585. The molecule has 0 aromatic heterocycles. The largest absolute Gasteiger partial charge is 0.333 e. The third-order valence-electron chi connectivity index (χ3n) is 1.54. The van der Waals surface area contributed by atoms with Gasteiger partial charge in [-0.1, -0.05) is 26.7 Å². The van der Waals surface area contributed by atoms with Crippen LogP contribution >= 0.6 is 0 Å². The van der Waals surface area contributed by atoms with Gasteiger partial charge in [-0.25, -0.2) is 0 Å². The first-order chi connectivity index (χ1) is 5.43. The van der Waals surface area contributed by atoms with E-state index in [1.54, 1.807) is 0 Å². The zero-order chi connectivity index (χ0) is 9.11. The molecular weight excluding hydrogens is 136 g/mol. The molecule has 2 N–H and O–H groups in total. The molecule has 1 rings (SSSR count). The molecule has 0 unspecified atom stereocenters. The van der Waals surface area contributed by atoms with Gasteiger partial charge in [0.2, 0.25) is 0 Å². The van der Waals surface area contributed by atoms with E-state index in [-0.39, 0.29) is 0 Å². The van der Waals surface area contributed by atoms with E-state index < -0.39 is 0 Å². The van der Waals surface area contributed by atoms with Crippen LogP contribution in [-0.4, -0.2) is 7.05 Å². The highest BCUT2D eigenvalue weighted by molar-refractivity contribution is 4.85. The predicted molar refractivity (Wildman–Crippen MR) is 49.0 cm³/mol. The van der Waals surface area contributed by atoms with Crippen LogP contribution in [0.2, 0.25) is 0 Å². The summed E-state index contributed by atoms with van der Waals surface area (Å²) in [5, 5.41) is 8.32. The molecule has 1 aliphatic carbocycles. The van der Waals surface area contributed by atoms with Crippen molar-refractivity contribution in [3.05, 3.63) is 0 Å². The Morgan fingerprint density at radius 1 is 1.18 bits per heavy atom. The molecule has 11 heavy (non-hydrogen) atoms. The summed E-state index contributed by atoms with van der Waals surface area (Å²) in [5.74, 6) is 0.403. The Labute approximate surface area is 70.4 Å². The summed E-state index contributed by atoms with van der Waals surface area (Å²) in [6.45, 7) is 4.00. The van der Waals surface area contributed by atoms with Crippen molar-refractivity contribution >= 4 is 0 Å². The van der Waals surface area contributed by atoms with Crippen molar-refractivity contribution in [2.75, 3.05) is 7.05 Å². The first kappa shape index (κ1) is 13.1. The van der Waals surface area contributed by atoms with E-state index in [1.165, 1.54) is 19.9 Å². The zero-order valence-corrected chi connectivity index (χ0v) is 7.93. The van der Waals surface area contributed by atoms with Gasteiger partial charge in [-0.2, -0.15) is 5.26 Å². The molecular formula is C9H20N2. The Hall–Kier alpha value is -0.550. The summed E-state index contributed by atoms with van der Waals surface area (Å²) in [6, 6.07) is 2.26. The van der Waals surface area contributed by atoms with Gasteiger partial charge in [0, 0.05) is 5.92 Å². The van der Waals surface area contributed by atoms with E-state index in [4.69, 9.17) is 5.26 Å². The molecule has 0 radical (unpaired) electrons. The highest BCUT2D eigenvalue weighted by atomic mass is 14.4. The monoisotopic (exact) mass is 156 g/mol. The average Bonchev–Trinajstić information content (AvgIpc) is 2.63. The minimum absolute atomic E-state index is 0.403. The topological polar surface area (TPSA) is 49.8 Å². The second kappa shape index (κ2) is 12.2. The summed E-state index contributed by atoms with van der Waals surface area (Å²) in [7, 11) is 1.50. The van der Waals surface area contributed by atoms with Crippen LogP contribution < -0.4 is 5.73 Å². The van der Waals surface area contributed by atoms with Gasteiger partial charge in [0.05, 0.1) is 6.07 Å².